The van der Waals surface area contributed by atoms with Crippen molar-refractivity contribution in [2.24, 2.45) is 5.92 Å². The lowest BCUT2D eigenvalue weighted by atomic mass is 9.82. The van der Waals surface area contributed by atoms with Crippen LogP contribution in [0.3, 0.4) is 0 Å². The topological polar surface area (TPSA) is 155 Å². The number of piperazine rings is 2. The standard InChI is InChI=1S/C40H50N6O7Si/c1-27-38(54(2,3)52)34(22-35(48)43(18-19-47)25-28-8-5-4-6-9-28)53-40(27)32-21-31(45-17-15-42-24-37(45)50)12-13-33(32)46(39(40)51)26-29-10-7-11-30(20-29)44-16-14-41-23-36(44)49/h4-13,20-21,27,34,38,41-42,47,52H,14-19,22-26H2,1-3H3/t27-,34+,38-,40+/m0/s1. The van der Waals surface area contributed by atoms with Crippen LogP contribution >= 0.6 is 0 Å². The van der Waals surface area contributed by atoms with Crippen LogP contribution in [0.1, 0.15) is 30.0 Å². The maximum atomic E-state index is 15.2. The van der Waals surface area contributed by atoms with Gasteiger partial charge in [-0.3, -0.25) is 19.2 Å². The average Bonchev–Trinajstić information content (AvgIpc) is 3.58. The molecular weight excluding hydrogens is 705 g/mol. The van der Waals surface area contributed by atoms with Crippen LogP contribution < -0.4 is 25.3 Å². The Morgan fingerprint density at radius 3 is 2.19 bits per heavy atom. The van der Waals surface area contributed by atoms with Crippen LogP contribution in [0.25, 0.3) is 0 Å². The van der Waals surface area contributed by atoms with Gasteiger partial charge < -0.3 is 44.9 Å². The number of anilines is 3. The number of hydrogen-bond acceptors (Lipinski definition) is 9. The Bertz CT molecular complexity index is 1910. The molecule has 3 fully saturated rings. The monoisotopic (exact) mass is 754 g/mol. The first-order valence-corrected chi connectivity index (χ1v) is 21.8. The molecule has 1 spiro atoms. The molecule has 4 atom stereocenters. The second-order valence-corrected chi connectivity index (χ2v) is 19.3. The number of aliphatic hydroxyl groups excluding tert-OH is 1. The molecule has 54 heavy (non-hydrogen) atoms. The zero-order chi connectivity index (χ0) is 38.2. The lowest BCUT2D eigenvalue weighted by molar-refractivity contribution is -0.150. The summed E-state index contributed by atoms with van der Waals surface area (Å²) >= 11 is 0. The average molecular weight is 755 g/mol. The molecule has 7 rings (SSSR count). The minimum atomic E-state index is -3.11. The smallest absolute Gasteiger partial charge is 0.264 e. The normalized spacial score (nSPS) is 24.4. The van der Waals surface area contributed by atoms with E-state index in [0.717, 1.165) is 16.8 Å². The van der Waals surface area contributed by atoms with Gasteiger partial charge in [0.15, 0.2) is 13.9 Å². The van der Waals surface area contributed by atoms with E-state index in [1.54, 1.807) is 19.6 Å². The fraction of sp³-hybridized carbons (Fsp3) is 0.450. The molecule has 0 aliphatic carbocycles. The van der Waals surface area contributed by atoms with Crippen molar-refractivity contribution in [3.8, 4) is 0 Å². The van der Waals surface area contributed by atoms with Crippen LogP contribution in [0.2, 0.25) is 18.6 Å². The van der Waals surface area contributed by atoms with Gasteiger partial charge in [0.05, 0.1) is 44.5 Å². The minimum absolute atomic E-state index is 0.0214. The number of benzene rings is 3. The Kier molecular flexibility index (Phi) is 10.8. The van der Waals surface area contributed by atoms with Gasteiger partial charge in [-0.2, -0.15) is 0 Å². The summed E-state index contributed by atoms with van der Waals surface area (Å²) in [6.07, 6.45) is -0.876. The fourth-order valence-corrected chi connectivity index (χ4v) is 11.4. The summed E-state index contributed by atoms with van der Waals surface area (Å²) < 4.78 is 7.02. The third-order valence-electron chi connectivity index (χ3n) is 11.3. The number of nitrogens with zero attached hydrogens (tertiary/aromatic N) is 4. The molecule has 3 aromatic rings. The van der Waals surface area contributed by atoms with E-state index in [1.807, 2.05) is 92.8 Å². The van der Waals surface area contributed by atoms with Crippen molar-refractivity contribution in [3.63, 3.8) is 0 Å². The molecule has 0 radical (unpaired) electrons. The summed E-state index contributed by atoms with van der Waals surface area (Å²) in [6, 6.07) is 22.8. The Morgan fingerprint density at radius 1 is 0.907 bits per heavy atom. The molecule has 4 heterocycles. The van der Waals surface area contributed by atoms with Crippen LogP contribution in [0, 0.1) is 5.92 Å². The second kappa shape index (κ2) is 15.4. The van der Waals surface area contributed by atoms with Gasteiger partial charge in [0.2, 0.25) is 17.7 Å². The molecule has 0 bridgehead atoms. The number of fused-ring (bicyclic) bond motifs is 2. The predicted molar refractivity (Wildman–Crippen MR) is 207 cm³/mol. The van der Waals surface area contributed by atoms with E-state index in [4.69, 9.17) is 4.74 Å². The molecule has 4 aliphatic heterocycles. The summed E-state index contributed by atoms with van der Waals surface area (Å²) in [5, 5.41) is 16.1. The van der Waals surface area contributed by atoms with Crippen LogP contribution in [0.15, 0.2) is 72.8 Å². The summed E-state index contributed by atoms with van der Waals surface area (Å²) in [5.74, 6) is -1.17. The van der Waals surface area contributed by atoms with Crippen molar-refractivity contribution in [1.82, 2.24) is 15.5 Å². The number of hydrogen-bond donors (Lipinski definition) is 4. The van der Waals surface area contributed by atoms with Crippen molar-refractivity contribution in [2.45, 2.75) is 56.8 Å². The lowest BCUT2D eigenvalue weighted by Gasteiger charge is -2.33. The van der Waals surface area contributed by atoms with Crippen molar-refractivity contribution < 1.29 is 33.8 Å². The van der Waals surface area contributed by atoms with E-state index in [0.29, 0.717) is 49.7 Å². The fourth-order valence-electron chi connectivity index (χ4n) is 8.87. The highest BCUT2D eigenvalue weighted by atomic mass is 28.4. The third kappa shape index (κ3) is 7.09. The molecule has 4 amide bonds. The van der Waals surface area contributed by atoms with Gasteiger partial charge in [-0.15, -0.1) is 0 Å². The number of amides is 4. The first-order valence-electron chi connectivity index (χ1n) is 18.8. The highest BCUT2D eigenvalue weighted by molar-refractivity contribution is 6.71. The molecule has 14 heteroatoms. The van der Waals surface area contributed by atoms with E-state index < -0.39 is 31.5 Å². The molecule has 4 aliphatic rings. The molecule has 0 saturated carbocycles. The first-order chi connectivity index (χ1) is 25.9. The Morgan fingerprint density at radius 2 is 1.56 bits per heavy atom. The van der Waals surface area contributed by atoms with Gasteiger partial charge >= 0.3 is 0 Å². The van der Waals surface area contributed by atoms with Gasteiger partial charge in [-0.05, 0) is 54.6 Å². The molecule has 0 aromatic heterocycles. The maximum absolute atomic E-state index is 15.2. The van der Waals surface area contributed by atoms with E-state index in [9.17, 15) is 24.3 Å². The van der Waals surface area contributed by atoms with Crippen LogP contribution in [-0.4, -0.2) is 105 Å². The molecule has 4 N–H and O–H groups in total. The number of carbonyl (C=O) groups excluding carboxylic acids is 4. The van der Waals surface area contributed by atoms with Crippen molar-refractivity contribution in [2.75, 3.05) is 67.1 Å². The van der Waals surface area contributed by atoms with E-state index >= 15 is 4.79 Å². The van der Waals surface area contributed by atoms with E-state index in [-0.39, 0.29) is 62.8 Å². The number of carbonyl (C=O) groups is 4. The minimum Gasteiger partial charge on any atom is -0.432 e. The van der Waals surface area contributed by atoms with Gasteiger partial charge in [-0.25, -0.2) is 0 Å². The maximum Gasteiger partial charge on any atom is 0.264 e. The summed E-state index contributed by atoms with van der Waals surface area (Å²) in [7, 11) is -3.11. The molecule has 0 unspecified atom stereocenters. The SMILES string of the molecule is C[C@H]1[C@H]([Si](C)(C)O)[C@@H](CC(=O)N(CCO)Cc2ccccc2)O[C@]12C(=O)N(Cc1cccc(N3CCNCC3=O)c1)c1ccc(N3CCNCC3=O)cc12. The predicted octanol–water partition coefficient (Wildman–Crippen LogP) is 2.31. The van der Waals surface area contributed by atoms with Gasteiger partial charge in [-0.1, -0.05) is 49.4 Å². The van der Waals surface area contributed by atoms with Gasteiger partial charge in [0, 0.05) is 67.7 Å². The number of rotatable bonds is 11. The molecule has 286 valence electrons. The quantitative estimate of drug-likeness (QED) is 0.216. The third-order valence-corrected chi connectivity index (χ3v) is 13.8. The Balaban J connectivity index is 1.27. The largest absolute Gasteiger partial charge is 0.432 e. The van der Waals surface area contributed by atoms with Crippen LogP contribution in [0.5, 0.6) is 0 Å². The Labute approximate surface area is 317 Å². The molecular formula is C40H50N6O7Si. The summed E-state index contributed by atoms with van der Waals surface area (Å²) in [5.41, 5.74) is 2.34. The molecule has 13 nitrogen and oxygen atoms in total. The highest BCUT2D eigenvalue weighted by Gasteiger charge is 2.66. The van der Waals surface area contributed by atoms with Crippen molar-refractivity contribution in [3.05, 3.63) is 89.5 Å². The second-order valence-electron chi connectivity index (χ2n) is 15.3. The molecule has 3 aromatic carbocycles. The zero-order valence-electron chi connectivity index (χ0n) is 31.2. The number of aliphatic hydroxyl groups is 1. The van der Waals surface area contributed by atoms with Crippen molar-refractivity contribution >= 4 is 49.0 Å². The van der Waals surface area contributed by atoms with Crippen molar-refractivity contribution in [1.29, 1.82) is 0 Å². The van der Waals surface area contributed by atoms with E-state index in [1.165, 1.54) is 0 Å². The summed E-state index contributed by atoms with van der Waals surface area (Å²) in [4.78, 5) is 73.7. The number of nitrogens with one attached hydrogen (secondary N) is 2. The first kappa shape index (κ1) is 37.9. The lowest BCUT2D eigenvalue weighted by Crippen LogP contribution is -2.48. The molecule has 3 saturated heterocycles. The highest BCUT2D eigenvalue weighted by Crippen LogP contribution is 2.60. The Hall–Kier alpha value is -4.44. The number of ether oxygens (including phenoxy) is 1. The van der Waals surface area contributed by atoms with Gasteiger partial charge in [0.1, 0.15) is 0 Å². The summed E-state index contributed by atoms with van der Waals surface area (Å²) in [6.45, 7) is 8.76. The zero-order valence-corrected chi connectivity index (χ0v) is 32.2. The van der Waals surface area contributed by atoms with Crippen LogP contribution in [-0.2, 0) is 42.6 Å². The van der Waals surface area contributed by atoms with Crippen LogP contribution in [0.4, 0.5) is 17.1 Å². The van der Waals surface area contributed by atoms with Gasteiger partial charge in [0.25, 0.3) is 5.91 Å². The van der Waals surface area contributed by atoms with E-state index in [2.05, 4.69) is 10.6 Å².